The summed E-state index contributed by atoms with van der Waals surface area (Å²) in [6.45, 7) is 0. The zero-order valence-electron chi connectivity index (χ0n) is 10.6. The molecule has 4 heteroatoms. The smallest absolute Gasteiger partial charge is 0.255 e. The van der Waals surface area contributed by atoms with Crippen LogP contribution in [0.4, 0.5) is 5.69 Å². The summed E-state index contributed by atoms with van der Waals surface area (Å²) in [6.07, 6.45) is 1.78. The first-order valence-electron chi connectivity index (χ1n) is 6.19. The van der Waals surface area contributed by atoms with Gasteiger partial charge in [-0.3, -0.25) is 4.79 Å². The van der Waals surface area contributed by atoms with E-state index in [4.69, 9.17) is 0 Å². The van der Waals surface area contributed by atoms with Crippen molar-refractivity contribution in [2.45, 2.75) is 0 Å². The van der Waals surface area contributed by atoms with Gasteiger partial charge in [0.05, 0.1) is 0 Å². The third-order valence-electron chi connectivity index (χ3n) is 2.86. The van der Waals surface area contributed by atoms with Crippen molar-refractivity contribution in [2.75, 3.05) is 5.32 Å². The maximum atomic E-state index is 12.0. The number of hydrogen-bond donors (Lipinski definition) is 1. The number of nitrogens with one attached hydrogen (secondary N) is 1. The van der Waals surface area contributed by atoms with Crippen LogP contribution in [0.5, 0.6) is 0 Å². The van der Waals surface area contributed by atoms with Crippen molar-refractivity contribution in [1.29, 1.82) is 0 Å². The molecule has 3 aromatic rings. The summed E-state index contributed by atoms with van der Waals surface area (Å²) in [5.41, 5.74) is 2.48. The molecular formula is C16H12N2OS. The zero-order chi connectivity index (χ0) is 13.8. The minimum absolute atomic E-state index is 0.104. The maximum absolute atomic E-state index is 12.0. The third kappa shape index (κ3) is 2.75. The van der Waals surface area contributed by atoms with E-state index in [2.05, 4.69) is 10.3 Å². The van der Waals surface area contributed by atoms with E-state index in [0.717, 1.165) is 16.3 Å². The number of carbonyl (C=O) groups excluding carboxylic acids is 1. The molecule has 1 N–H and O–H groups in total. The molecule has 0 atom stereocenters. The van der Waals surface area contributed by atoms with Crippen molar-refractivity contribution in [2.24, 2.45) is 0 Å². The molecule has 0 aliphatic rings. The summed E-state index contributed by atoms with van der Waals surface area (Å²) < 4.78 is 0. The van der Waals surface area contributed by atoms with Crippen LogP contribution in [0.2, 0.25) is 0 Å². The van der Waals surface area contributed by atoms with Crippen molar-refractivity contribution in [3.8, 4) is 10.6 Å². The molecule has 20 heavy (non-hydrogen) atoms. The van der Waals surface area contributed by atoms with Gasteiger partial charge in [0.1, 0.15) is 5.01 Å². The van der Waals surface area contributed by atoms with Gasteiger partial charge in [0.25, 0.3) is 5.91 Å². The fraction of sp³-hybridized carbons (Fsp3) is 0. The summed E-state index contributed by atoms with van der Waals surface area (Å²) in [4.78, 5) is 16.3. The number of benzene rings is 2. The molecule has 0 aliphatic carbocycles. The average Bonchev–Trinajstić information content (AvgIpc) is 3.03. The van der Waals surface area contributed by atoms with Crippen molar-refractivity contribution in [3.63, 3.8) is 0 Å². The lowest BCUT2D eigenvalue weighted by molar-refractivity contribution is 0.102. The van der Waals surface area contributed by atoms with Gasteiger partial charge in [-0.25, -0.2) is 4.98 Å². The highest BCUT2D eigenvalue weighted by Crippen LogP contribution is 2.23. The molecule has 3 rings (SSSR count). The number of nitrogens with zero attached hydrogens (tertiary/aromatic N) is 1. The first kappa shape index (κ1) is 12.6. The molecule has 0 aliphatic heterocycles. The summed E-state index contributed by atoms with van der Waals surface area (Å²) >= 11 is 1.59. The van der Waals surface area contributed by atoms with Crippen LogP contribution in [0.3, 0.4) is 0 Å². The van der Waals surface area contributed by atoms with E-state index < -0.39 is 0 Å². The Morgan fingerprint density at radius 2 is 1.75 bits per heavy atom. The molecule has 2 aromatic carbocycles. The van der Waals surface area contributed by atoms with Crippen molar-refractivity contribution >= 4 is 22.9 Å². The Kier molecular flexibility index (Phi) is 3.56. The Hall–Kier alpha value is -2.46. The van der Waals surface area contributed by atoms with E-state index in [9.17, 15) is 4.79 Å². The molecule has 0 saturated carbocycles. The molecule has 1 amide bonds. The highest BCUT2D eigenvalue weighted by molar-refractivity contribution is 7.13. The van der Waals surface area contributed by atoms with E-state index in [1.54, 1.807) is 29.7 Å². The number of thiazole rings is 1. The molecule has 0 radical (unpaired) electrons. The molecule has 3 nitrogen and oxygen atoms in total. The maximum Gasteiger partial charge on any atom is 0.255 e. The van der Waals surface area contributed by atoms with E-state index >= 15 is 0 Å². The Bertz CT molecular complexity index is 691. The first-order chi connectivity index (χ1) is 9.83. The van der Waals surface area contributed by atoms with Gasteiger partial charge in [-0.05, 0) is 36.4 Å². The van der Waals surface area contributed by atoms with Crippen molar-refractivity contribution < 1.29 is 4.79 Å². The van der Waals surface area contributed by atoms with Gasteiger partial charge in [-0.2, -0.15) is 0 Å². The summed E-state index contributed by atoms with van der Waals surface area (Å²) in [5, 5.41) is 5.80. The van der Waals surface area contributed by atoms with Crippen molar-refractivity contribution in [3.05, 3.63) is 71.7 Å². The number of amides is 1. The molecule has 1 heterocycles. The second kappa shape index (κ2) is 5.67. The van der Waals surface area contributed by atoms with Crippen LogP contribution in [0.15, 0.2) is 66.2 Å². The Labute approximate surface area is 120 Å². The first-order valence-corrected chi connectivity index (χ1v) is 7.07. The van der Waals surface area contributed by atoms with Crippen molar-refractivity contribution in [1.82, 2.24) is 4.98 Å². The fourth-order valence-electron chi connectivity index (χ4n) is 1.85. The number of rotatable bonds is 3. The number of hydrogen-bond acceptors (Lipinski definition) is 3. The number of aromatic nitrogens is 1. The summed E-state index contributed by atoms with van der Waals surface area (Å²) in [5.74, 6) is -0.104. The normalized spacial score (nSPS) is 10.2. The highest BCUT2D eigenvalue weighted by Gasteiger charge is 2.05. The molecule has 1 aromatic heterocycles. The fourth-order valence-corrected chi connectivity index (χ4v) is 2.50. The van der Waals surface area contributed by atoms with Gasteiger partial charge in [0.15, 0.2) is 0 Å². The van der Waals surface area contributed by atoms with Crippen LogP contribution < -0.4 is 5.32 Å². The molecule has 0 fully saturated rings. The Balaban J connectivity index is 1.74. The SMILES string of the molecule is O=C(Nc1ccc(-c2nccs2)cc1)c1ccccc1. The number of carbonyl (C=O) groups is 1. The topological polar surface area (TPSA) is 42.0 Å². The summed E-state index contributed by atoms with van der Waals surface area (Å²) in [7, 11) is 0. The highest BCUT2D eigenvalue weighted by atomic mass is 32.1. The summed E-state index contributed by atoms with van der Waals surface area (Å²) in [6, 6.07) is 16.9. The predicted molar refractivity (Wildman–Crippen MR) is 81.9 cm³/mol. The van der Waals surface area contributed by atoms with Gasteiger partial charge in [-0.15, -0.1) is 11.3 Å². The third-order valence-corrected chi connectivity index (χ3v) is 3.68. The molecule has 98 valence electrons. The molecule has 0 bridgehead atoms. The van der Waals surface area contributed by atoms with Crippen LogP contribution in [-0.4, -0.2) is 10.9 Å². The second-order valence-corrected chi connectivity index (χ2v) is 5.13. The molecule has 0 unspecified atom stereocenters. The van der Waals surface area contributed by atoms with E-state index in [0.29, 0.717) is 5.56 Å². The average molecular weight is 280 g/mol. The standard InChI is InChI=1S/C16H12N2OS/c19-15(12-4-2-1-3-5-12)18-14-8-6-13(7-9-14)16-17-10-11-20-16/h1-11H,(H,18,19). The zero-order valence-corrected chi connectivity index (χ0v) is 11.4. The van der Waals surface area contributed by atoms with Crippen LogP contribution in [0, 0.1) is 0 Å². The monoisotopic (exact) mass is 280 g/mol. The van der Waals surface area contributed by atoms with Gasteiger partial charge in [-0.1, -0.05) is 18.2 Å². The van der Waals surface area contributed by atoms with Gasteiger partial charge >= 0.3 is 0 Å². The lowest BCUT2D eigenvalue weighted by atomic mass is 10.2. The van der Waals surface area contributed by atoms with Crippen LogP contribution in [-0.2, 0) is 0 Å². The lowest BCUT2D eigenvalue weighted by Crippen LogP contribution is -2.11. The Morgan fingerprint density at radius 1 is 1.00 bits per heavy atom. The molecular weight excluding hydrogens is 268 g/mol. The van der Waals surface area contributed by atoms with Gasteiger partial charge in [0, 0.05) is 28.4 Å². The predicted octanol–water partition coefficient (Wildman–Crippen LogP) is 4.06. The minimum atomic E-state index is -0.104. The number of anilines is 1. The minimum Gasteiger partial charge on any atom is -0.322 e. The second-order valence-electron chi connectivity index (χ2n) is 4.23. The van der Waals surface area contributed by atoms with Gasteiger partial charge < -0.3 is 5.32 Å². The van der Waals surface area contributed by atoms with Crippen LogP contribution in [0.25, 0.3) is 10.6 Å². The van der Waals surface area contributed by atoms with Crippen LogP contribution >= 0.6 is 11.3 Å². The van der Waals surface area contributed by atoms with E-state index in [-0.39, 0.29) is 5.91 Å². The van der Waals surface area contributed by atoms with E-state index in [1.165, 1.54) is 0 Å². The quantitative estimate of drug-likeness (QED) is 0.786. The molecule has 0 spiro atoms. The van der Waals surface area contributed by atoms with Gasteiger partial charge in [0.2, 0.25) is 0 Å². The Morgan fingerprint density at radius 3 is 2.40 bits per heavy atom. The lowest BCUT2D eigenvalue weighted by Gasteiger charge is -2.05. The van der Waals surface area contributed by atoms with Crippen LogP contribution in [0.1, 0.15) is 10.4 Å². The molecule has 0 saturated heterocycles. The largest absolute Gasteiger partial charge is 0.322 e. The van der Waals surface area contributed by atoms with E-state index in [1.807, 2.05) is 47.8 Å².